The summed E-state index contributed by atoms with van der Waals surface area (Å²) >= 11 is 12.3. The third kappa shape index (κ3) is 5.58. The zero-order valence-corrected chi connectivity index (χ0v) is 22.4. The summed E-state index contributed by atoms with van der Waals surface area (Å²) in [6.45, 7) is 3.53. The number of nitrogens with one attached hydrogen (secondary N) is 1. The molecule has 3 N–H and O–H groups in total. The minimum atomic E-state index is -4.67. The number of anilines is 1. The smallest absolute Gasteiger partial charge is 0.297 e. The Hall–Kier alpha value is -3.70. The number of benzene rings is 4. The van der Waals surface area contributed by atoms with Crippen molar-refractivity contribution >= 4 is 67.1 Å². The fraction of sp³-hybridized carbons (Fsp3) is 0.115. The van der Waals surface area contributed by atoms with Crippen molar-refractivity contribution in [1.82, 2.24) is 0 Å². The number of halogens is 2. The molecule has 196 valence electrons. The molecule has 0 bridgehead atoms. The molecule has 0 atom stereocenters. The molecule has 0 aromatic heterocycles. The van der Waals surface area contributed by atoms with Gasteiger partial charge >= 0.3 is 0 Å². The van der Waals surface area contributed by atoms with E-state index >= 15 is 0 Å². The molecule has 0 aliphatic heterocycles. The summed E-state index contributed by atoms with van der Waals surface area (Å²) in [4.78, 5) is 12.8. The first-order valence-corrected chi connectivity index (χ1v) is 13.4. The van der Waals surface area contributed by atoms with E-state index in [1.54, 1.807) is 49.4 Å². The van der Waals surface area contributed by atoms with Crippen LogP contribution < -0.4 is 10.1 Å². The summed E-state index contributed by atoms with van der Waals surface area (Å²) in [7, 11) is -4.67. The lowest BCUT2D eigenvalue weighted by Crippen LogP contribution is -2.13. The number of hydrogen-bond acceptors (Lipinski definition) is 7. The number of aryl methyl sites for hydroxylation is 1. The van der Waals surface area contributed by atoms with E-state index in [2.05, 4.69) is 15.5 Å². The van der Waals surface area contributed by atoms with Gasteiger partial charge in [0, 0.05) is 10.4 Å². The highest BCUT2D eigenvalue weighted by Crippen LogP contribution is 2.41. The lowest BCUT2D eigenvalue weighted by Gasteiger charge is -2.14. The molecular weight excluding hydrogens is 553 g/mol. The van der Waals surface area contributed by atoms with E-state index in [0.29, 0.717) is 28.1 Å². The van der Waals surface area contributed by atoms with E-state index in [1.807, 2.05) is 0 Å². The van der Waals surface area contributed by atoms with E-state index in [4.69, 9.17) is 27.9 Å². The zero-order chi connectivity index (χ0) is 27.6. The molecule has 4 aromatic carbocycles. The molecule has 12 heteroatoms. The average Bonchev–Trinajstić information content (AvgIpc) is 2.84. The molecule has 0 heterocycles. The molecule has 0 unspecified atom stereocenters. The molecule has 1 amide bonds. The lowest BCUT2D eigenvalue weighted by molar-refractivity contribution is 0.102. The van der Waals surface area contributed by atoms with Crippen LogP contribution in [0.5, 0.6) is 11.5 Å². The second-order valence-electron chi connectivity index (χ2n) is 8.09. The molecule has 4 rings (SSSR count). The SMILES string of the molecule is CCOc1c(Cl)cccc1NC(=O)c1cc2ccccc2c(N=Nc2cc(Cl)cc(C)c2S(=O)(=O)O)c1O. The Balaban J connectivity index is 1.84. The first kappa shape index (κ1) is 27.3. The van der Waals surface area contributed by atoms with Crippen molar-refractivity contribution in [1.29, 1.82) is 0 Å². The Labute approximate surface area is 228 Å². The summed E-state index contributed by atoms with van der Waals surface area (Å²) in [5.41, 5.74) is -0.00757. The highest BCUT2D eigenvalue weighted by molar-refractivity contribution is 7.86. The van der Waals surface area contributed by atoms with E-state index in [0.717, 1.165) is 0 Å². The van der Waals surface area contributed by atoms with Crippen LogP contribution in [0.15, 0.2) is 75.8 Å². The van der Waals surface area contributed by atoms with E-state index in [1.165, 1.54) is 25.1 Å². The third-order valence-electron chi connectivity index (χ3n) is 5.48. The number of aromatic hydroxyl groups is 1. The van der Waals surface area contributed by atoms with Crippen LogP contribution >= 0.6 is 23.2 Å². The minimum absolute atomic E-state index is 0.0942. The molecule has 4 aromatic rings. The van der Waals surface area contributed by atoms with Crippen LogP contribution in [0, 0.1) is 6.92 Å². The number of rotatable bonds is 7. The molecular formula is C26H21Cl2N3O6S. The summed E-state index contributed by atoms with van der Waals surface area (Å²) in [5.74, 6) is -0.901. The fourth-order valence-corrected chi connectivity index (χ4v) is 5.23. The van der Waals surface area contributed by atoms with Gasteiger partial charge < -0.3 is 15.2 Å². The van der Waals surface area contributed by atoms with Gasteiger partial charge in [0.2, 0.25) is 0 Å². The van der Waals surface area contributed by atoms with Crippen molar-refractivity contribution < 1.29 is 27.6 Å². The lowest BCUT2D eigenvalue weighted by atomic mass is 10.0. The van der Waals surface area contributed by atoms with Crippen LogP contribution in [-0.2, 0) is 10.1 Å². The molecule has 0 saturated carbocycles. The van der Waals surface area contributed by atoms with Gasteiger partial charge in [0.15, 0.2) is 11.5 Å². The Morgan fingerprint density at radius 2 is 1.79 bits per heavy atom. The van der Waals surface area contributed by atoms with Gasteiger partial charge in [0.1, 0.15) is 16.3 Å². The Kier molecular flexibility index (Phi) is 7.89. The molecule has 0 spiro atoms. The Morgan fingerprint density at radius 1 is 1.05 bits per heavy atom. The predicted octanol–water partition coefficient (Wildman–Crippen LogP) is 7.47. The topological polar surface area (TPSA) is 138 Å². The molecule has 0 aliphatic carbocycles. The zero-order valence-electron chi connectivity index (χ0n) is 20.1. The summed E-state index contributed by atoms with van der Waals surface area (Å²) in [6.07, 6.45) is 0. The van der Waals surface area contributed by atoms with Crippen molar-refractivity contribution in [3.63, 3.8) is 0 Å². The first-order chi connectivity index (χ1) is 18.0. The van der Waals surface area contributed by atoms with Gasteiger partial charge in [-0.25, -0.2) is 0 Å². The third-order valence-corrected chi connectivity index (χ3v) is 7.04. The van der Waals surface area contributed by atoms with Gasteiger partial charge in [-0.2, -0.15) is 8.42 Å². The Morgan fingerprint density at radius 3 is 2.50 bits per heavy atom. The maximum absolute atomic E-state index is 13.3. The number of hydrogen-bond donors (Lipinski definition) is 3. The number of azo groups is 1. The largest absolute Gasteiger partial charge is 0.505 e. The maximum atomic E-state index is 13.3. The van der Waals surface area contributed by atoms with Gasteiger partial charge in [-0.1, -0.05) is 53.5 Å². The summed E-state index contributed by atoms with van der Waals surface area (Å²) in [6, 6.07) is 15.7. The summed E-state index contributed by atoms with van der Waals surface area (Å²) < 4.78 is 39.2. The van der Waals surface area contributed by atoms with Gasteiger partial charge in [-0.15, -0.1) is 10.2 Å². The number of fused-ring (bicyclic) bond motifs is 1. The van der Waals surface area contributed by atoms with Crippen molar-refractivity contribution in [3.05, 3.63) is 81.8 Å². The standard InChI is InChI=1S/C26H21Cl2N3O6S/c1-3-37-24-19(28)9-6-10-20(24)29-26(33)18-12-15-7-4-5-8-17(15)22(23(18)32)31-30-21-13-16(27)11-14(2)25(21)38(34,35)36/h4-13,32H,3H2,1-2H3,(H,29,33)(H,34,35,36). The molecule has 0 aliphatic rings. The second kappa shape index (κ2) is 11.0. The van der Waals surface area contributed by atoms with Crippen LogP contribution in [0.1, 0.15) is 22.8 Å². The number of phenolic OH excluding ortho intramolecular Hbond substituents is 1. The molecule has 0 fully saturated rings. The maximum Gasteiger partial charge on any atom is 0.297 e. The van der Waals surface area contributed by atoms with E-state index in [9.17, 15) is 22.9 Å². The fourth-order valence-electron chi connectivity index (χ4n) is 3.91. The number of phenols is 1. The van der Waals surface area contributed by atoms with Crippen LogP contribution in [0.4, 0.5) is 17.1 Å². The van der Waals surface area contributed by atoms with Crippen molar-refractivity contribution in [2.75, 3.05) is 11.9 Å². The van der Waals surface area contributed by atoms with Crippen molar-refractivity contribution in [3.8, 4) is 11.5 Å². The number of nitrogens with zero attached hydrogens (tertiary/aromatic N) is 2. The average molecular weight is 574 g/mol. The van der Waals surface area contributed by atoms with Crippen molar-refractivity contribution in [2.24, 2.45) is 10.2 Å². The monoisotopic (exact) mass is 573 g/mol. The normalized spacial score (nSPS) is 11.7. The predicted molar refractivity (Wildman–Crippen MR) is 146 cm³/mol. The van der Waals surface area contributed by atoms with Crippen LogP contribution in [0.3, 0.4) is 0 Å². The van der Waals surface area contributed by atoms with Crippen LogP contribution in [0.2, 0.25) is 10.0 Å². The van der Waals surface area contributed by atoms with Gasteiger partial charge in [-0.05, 0) is 55.1 Å². The van der Waals surface area contributed by atoms with Crippen molar-refractivity contribution in [2.45, 2.75) is 18.7 Å². The van der Waals surface area contributed by atoms with Crippen LogP contribution in [0.25, 0.3) is 10.8 Å². The van der Waals surface area contributed by atoms with Crippen LogP contribution in [-0.4, -0.2) is 30.6 Å². The molecule has 0 saturated heterocycles. The minimum Gasteiger partial charge on any atom is -0.505 e. The number of carbonyl (C=O) groups is 1. The highest BCUT2D eigenvalue weighted by atomic mass is 35.5. The second-order valence-corrected chi connectivity index (χ2v) is 10.3. The summed E-state index contributed by atoms with van der Waals surface area (Å²) in [5, 5.41) is 23.3. The van der Waals surface area contributed by atoms with Gasteiger partial charge in [-0.3, -0.25) is 9.35 Å². The molecule has 38 heavy (non-hydrogen) atoms. The molecule has 0 radical (unpaired) electrons. The Bertz CT molecular complexity index is 1710. The number of carbonyl (C=O) groups excluding carboxylic acids is 1. The highest BCUT2D eigenvalue weighted by Gasteiger charge is 2.22. The number of para-hydroxylation sites is 1. The molecule has 9 nitrogen and oxygen atoms in total. The van der Waals surface area contributed by atoms with Gasteiger partial charge in [0.25, 0.3) is 16.0 Å². The van der Waals surface area contributed by atoms with Gasteiger partial charge in [0.05, 0.1) is 22.9 Å². The quantitative estimate of drug-likeness (QED) is 0.155. The van der Waals surface area contributed by atoms with E-state index in [-0.39, 0.29) is 33.3 Å². The first-order valence-electron chi connectivity index (χ1n) is 11.2. The van der Waals surface area contributed by atoms with E-state index < -0.39 is 26.7 Å². The number of amides is 1. The number of ether oxygens (including phenoxy) is 1.